The van der Waals surface area contributed by atoms with Gasteiger partial charge in [0.15, 0.2) is 0 Å². The average Bonchev–Trinajstić information content (AvgIpc) is 2.72. The molecule has 0 fully saturated rings. The van der Waals surface area contributed by atoms with Gasteiger partial charge in [-0.1, -0.05) is 0 Å². The van der Waals surface area contributed by atoms with Crippen molar-refractivity contribution in [1.29, 1.82) is 0 Å². The van der Waals surface area contributed by atoms with Crippen LogP contribution in [0.5, 0.6) is 0 Å². The van der Waals surface area contributed by atoms with Gasteiger partial charge in [-0.25, -0.2) is 0 Å². The molecule has 1 heterocycles. The maximum absolute atomic E-state index is 11.9. The largest absolute Gasteiger partial charge is 0.466 e. The number of carbonyl (C=O) groups excluding carboxylic acids is 2. The van der Waals surface area contributed by atoms with Crippen LogP contribution in [0.1, 0.15) is 41.6 Å². The number of aliphatic hydroxyl groups excluding tert-OH is 1. The zero-order valence-electron chi connectivity index (χ0n) is 12.2. The molecule has 2 amide bonds. The Morgan fingerprint density at radius 2 is 2.10 bits per heavy atom. The molecule has 1 aromatic rings. The van der Waals surface area contributed by atoms with E-state index in [4.69, 9.17) is 9.52 Å². The van der Waals surface area contributed by atoms with Gasteiger partial charge >= 0.3 is 0 Å². The predicted molar refractivity (Wildman–Crippen MR) is 74.4 cm³/mol. The highest BCUT2D eigenvalue weighted by Crippen LogP contribution is 2.13. The molecule has 0 bridgehead atoms. The standard InChI is InChI=1S/C14H22N2O4/c1-9(5-4-6-17)16-13(18)8-15-14(19)12-7-10(2)20-11(12)3/h7,9,17H,4-6,8H2,1-3H3,(H,15,19)(H,16,18). The number of rotatable bonds is 7. The first-order valence-corrected chi connectivity index (χ1v) is 6.69. The van der Waals surface area contributed by atoms with E-state index < -0.39 is 0 Å². The first-order valence-electron chi connectivity index (χ1n) is 6.69. The maximum atomic E-state index is 11.9. The molecule has 0 radical (unpaired) electrons. The SMILES string of the molecule is Cc1cc(C(=O)NCC(=O)NC(C)CCCO)c(C)o1. The molecule has 20 heavy (non-hydrogen) atoms. The first-order chi connectivity index (χ1) is 9.43. The zero-order chi connectivity index (χ0) is 15.1. The van der Waals surface area contributed by atoms with Crippen molar-refractivity contribution < 1.29 is 19.1 Å². The third kappa shape index (κ3) is 5.05. The first kappa shape index (κ1) is 16.2. The predicted octanol–water partition coefficient (Wildman–Crippen LogP) is 0.903. The number of carbonyl (C=O) groups is 2. The van der Waals surface area contributed by atoms with Crippen LogP contribution in [0.15, 0.2) is 10.5 Å². The van der Waals surface area contributed by atoms with E-state index in [1.165, 1.54) is 0 Å². The topological polar surface area (TPSA) is 91.6 Å². The van der Waals surface area contributed by atoms with Crippen molar-refractivity contribution in [3.05, 3.63) is 23.2 Å². The molecule has 1 unspecified atom stereocenters. The summed E-state index contributed by atoms with van der Waals surface area (Å²) in [6, 6.07) is 1.62. The molecule has 0 aliphatic heterocycles. The van der Waals surface area contributed by atoms with Crippen LogP contribution in [-0.2, 0) is 4.79 Å². The Balaban J connectivity index is 2.37. The van der Waals surface area contributed by atoms with Crippen LogP contribution in [0.25, 0.3) is 0 Å². The Labute approximate surface area is 118 Å². The molecular weight excluding hydrogens is 260 g/mol. The van der Waals surface area contributed by atoms with Gasteiger partial charge in [0.05, 0.1) is 12.1 Å². The van der Waals surface area contributed by atoms with Crippen LogP contribution in [0.2, 0.25) is 0 Å². The number of hydrogen-bond donors (Lipinski definition) is 3. The lowest BCUT2D eigenvalue weighted by molar-refractivity contribution is -0.120. The monoisotopic (exact) mass is 282 g/mol. The van der Waals surface area contributed by atoms with Gasteiger partial charge in [0, 0.05) is 12.6 Å². The van der Waals surface area contributed by atoms with E-state index in [9.17, 15) is 9.59 Å². The summed E-state index contributed by atoms with van der Waals surface area (Å²) in [6.07, 6.45) is 1.34. The highest BCUT2D eigenvalue weighted by atomic mass is 16.3. The fourth-order valence-corrected chi connectivity index (χ4v) is 1.91. The van der Waals surface area contributed by atoms with Crippen LogP contribution in [-0.4, -0.2) is 36.1 Å². The maximum Gasteiger partial charge on any atom is 0.255 e. The number of amides is 2. The van der Waals surface area contributed by atoms with E-state index in [1.807, 2.05) is 6.92 Å². The number of hydrogen-bond acceptors (Lipinski definition) is 4. The van der Waals surface area contributed by atoms with E-state index in [0.717, 1.165) is 0 Å². The summed E-state index contributed by atoms with van der Waals surface area (Å²) in [5.41, 5.74) is 0.448. The summed E-state index contributed by atoms with van der Waals surface area (Å²) in [4.78, 5) is 23.5. The van der Waals surface area contributed by atoms with E-state index in [-0.39, 0.29) is 31.0 Å². The summed E-state index contributed by atoms with van der Waals surface area (Å²) in [5.74, 6) is 0.630. The van der Waals surface area contributed by atoms with E-state index in [1.54, 1.807) is 19.9 Å². The Kier molecular flexibility index (Phi) is 6.24. The summed E-state index contributed by atoms with van der Waals surface area (Å²) in [5, 5.41) is 14.0. The Morgan fingerprint density at radius 1 is 1.40 bits per heavy atom. The lowest BCUT2D eigenvalue weighted by Crippen LogP contribution is -2.41. The summed E-state index contributed by atoms with van der Waals surface area (Å²) in [6.45, 7) is 5.36. The molecule has 0 spiro atoms. The Hall–Kier alpha value is -1.82. The molecule has 0 saturated heterocycles. The van der Waals surface area contributed by atoms with Gasteiger partial charge in [0.25, 0.3) is 5.91 Å². The van der Waals surface area contributed by atoms with Crippen molar-refractivity contribution >= 4 is 11.8 Å². The van der Waals surface area contributed by atoms with Gasteiger partial charge in [0.1, 0.15) is 11.5 Å². The Bertz CT molecular complexity index is 468. The van der Waals surface area contributed by atoms with Crippen LogP contribution in [0, 0.1) is 13.8 Å². The van der Waals surface area contributed by atoms with Gasteiger partial charge in [-0.3, -0.25) is 9.59 Å². The lowest BCUT2D eigenvalue weighted by atomic mass is 10.2. The molecule has 6 nitrogen and oxygen atoms in total. The molecule has 112 valence electrons. The minimum Gasteiger partial charge on any atom is -0.466 e. The summed E-state index contributed by atoms with van der Waals surface area (Å²) in [7, 11) is 0. The van der Waals surface area contributed by atoms with Gasteiger partial charge in [0.2, 0.25) is 5.91 Å². The van der Waals surface area contributed by atoms with Crippen LogP contribution in [0.4, 0.5) is 0 Å². The molecule has 1 aromatic heterocycles. The van der Waals surface area contributed by atoms with Crippen molar-refractivity contribution in [2.75, 3.05) is 13.2 Å². The van der Waals surface area contributed by atoms with Gasteiger partial charge in [-0.05, 0) is 39.7 Å². The third-order valence-corrected chi connectivity index (χ3v) is 2.90. The molecule has 1 atom stereocenters. The Morgan fingerprint density at radius 3 is 2.65 bits per heavy atom. The molecule has 0 aromatic carbocycles. The lowest BCUT2D eigenvalue weighted by Gasteiger charge is -2.13. The molecular formula is C14H22N2O4. The number of nitrogens with one attached hydrogen (secondary N) is 2. The quantitative estimate of drug-likeness (QED) is 0.693. The number of furan rings is 1. The minimum absolute atomic E-state index is 0.0237. The molecule has 0 saturated carbocycles. The van der Waals surface area contributed by atoms with Crippen molar-refractivity contribution in [3.63, 3.8) is 0 Å². The molecule has 3 N–H and O–H groups in total. The molecule has 1 rings (SSSR count). The highest BCUT2D eigenvalue weighted by molar-refractivity contribution is 5.97. The van der Waals surface area contributed by atoms with E-state index >= 15 is 0 Å². The summed E-state index contributed by atoms with van der Waals surface area (Å²) >= 11 is 0. The fraction of sp³-hybridized carbons (Fsp3) is 0.571. The van der Waals surface area contributed by atoms with Crippen LogP contribution in [0.3, 0.4) is 0 Å². The second-order valence-electron chi connectivity index (χ2n) is 4.84. The summed E-state index contributed by atoms with van der Waals surface area (Å²) < 4.78 is 5.27. The van der Waals surface area contributed by atoms with Crippen LogP contribution < -0.4 is 10.6 Å². The van der Waals surface area contributed by atoms with Gasteiger partial charge < -0.3 is 20.2 Å². The van der Waals surface area contributed by atoms with Crippen molar-refractivity contribution in [2.24, 2.45) is 0 Å². The van der Waals surface area contributed by atoms with E-state index in [2.05, 4.69) is 10.6 Å². The second-order valence-corrected chi connectivity index (χ2v) is 4.84. The molecule has 0 aliphatic rings. The second kappa shape index (κ2) is 7.69. The van der Waals surface area contributed by atoms with Crippen LogP contribution >= 0.6 is 0 Å². The highest BCUT2D eigenvalue weighted by Gasteiger charge is 2.14. The smallest absolute Gasteiger partial charge is 0.255 e. The molecule has 6 heteroatoms. The number of aliphatic hydroxyl groups is 1. The average molecular weight is 282 g/mol. The van der Waals surface area contributed by atoms with Crippen molar-refractivity contribution in [1.82, 2.24) is 10.6 Å². The van der Waals surface area contributed by atoms with E-state index in [0.29, 0.717) is 29.9 Å². The third-order valence-electron chi connectivity index (χ3n) is 2.90. The van der Waals surface area contributed by atoms with Crippen molar-refractivity contribution in [3.8, 4) is 0 Å². The zero-order valence-corrected chi connectivity index (χ0v) is 12.2. The minimum atomic E-state index is -0.322. The van der Waals surface area contributed by atoms with Crippen molar-refractivity contribution in [2.45, 2.75) is 39.7 Å². The molecule has 0 aliphatic carbocycles. The normalized spacial score (nSPS) is 12.0. The fourth-order valence-electron chi connectivity index (χ4n) is 1.91. The number of aryl methyl sites for hydroxylation is 2. The van der Waals surface area contributed by atoms with Gasteiger partial charge in [-0.15, -0.1) is 0 Å². The van der Waals surface area contributed by atoms with Gasteiger partial charge in [-0.2, -0.15) is 0 Å².